The van der Waals surface area contributed by atoms with Gasteiger partial charge in [-0.05, 0) is 181 Å². The van der Waals surface area contributed by atoms with Gasteiger partial charge < -0.3 is 29.4 Å². The summed E-state index contributed by atoms with van der Waals surface area (Å²) < 4.78 is 47.7. The molecular formula is C93H101Cl3F3N17O6. The molecule has 0 spiro atoms. The number of halogens is 6. The van der Waals surface area contributed by atoms with E-state index >= 15 is 4.39 Å². The molecule has 0 aliphatic carbocycles. The minimum Gasteiger partial charge on any atom is -0.350 e. The van der Waals surface area contributed by atoms with E-state index in [-0.39, 0.29) is 138 Å². The SMILES string of the molecule is C=CC(=O)N1CC(C)N(C2=NCC(=O)N(CC(C)(C)C)c3nc(-c4ccccc4F)c(Cl)cc32)CC1C.C=CC(=O)N1CC(C)N(c2nc(=O)n(-c3c(C)cc(C(=C)C)nc3C(C)C)c3nc(-c4ccccc4F)c(Cl)cc23)CC1C.C=CC(=O)N1CC(C)N(c2nc(=O)n(-c3c(C)ccnc3C(C)C)c3nc(-c4ccccc4F)c(Cl)cc23)CC1C. The van der Waals surface area contributed by atoms with Crippen molar-refractivity contribution in [2.75, 3.05) is 67.1 Å². The third kappa shape index (κ3) is 18.0. The molecule has 10 aromatic rings. The summed E-state index contributed by atoms with van der Waals surface area (Å²) >= 11 is 20.3. The lowest BCUT2D eigenvalue weighted by atomic mass is 9.95. The van der Waals surface area contributed by atoms with Crippen LogP contribution in [0.5, 0.6) is 0 Å². The Morgan fingerprint density at radius 1 is 0.500 bits per heavy atom. The van der Waals surface area contributed by atoms with Crippen molar-refractivity contribution in [2.45, 2.75) is 159 Å². The Kier molecular flexibility index (Phi) is 26.8. The Hall–Kier alpha value is -11.7. The molecule has 3 saturated heterocycles. The van der Waals surface area contributed by atoms with E-state index in [1.807, 2.05) is 133 Å². The molecule has 3 aromatic carbocycles. The molecular weight excluding hydrogens is 1610 g/mol. The molecule has 4 aliphatic heterocycles. The maximum atomic E-state index is 15.1. The first kappa shape index (κ1) is 89.5. The van der Waals surface area contributed by atoms with Gasteiger partial charge in [0.05, 0.1) is 76.9 Å². The van der Waals surface area contributed by atoms with Crippen molar-refractivity contribution >= 4 is 109 Å². The number of nitrogens with zero attached hydrogens (tertiary/aromatic N) is 17. The Bertz CT molecular complexity index is 6030. The van der Waals surface area contributed by atoms with Crippen LogP contribution in [0.3, 0.4) is 0 Å². The highest BCUT2D eigenvalue weighted by atomic mass is 35.5. The fraction of sp³-hybridized carbons (Fsp3) is 0.355. The number of piperazine rings is 3. The van der Waals surface area contributed by atoms with Crippen molar-refractivity contribution in [1.29, 1.82) is 0 Å². The Balaban J connectivity index is 0.000000168. The lowest BCUT2D eigenvalue weighted by molar-refractivity contribution is -0.131. The molecule has 0 radical (unpaired) electrons. The number of aryl methyl sites for hydroxylation is 2. The molecule has 29 heteroatoms. The van der Waals surface area contributed by atoms with Crippen molar-refractivity contribution in [3.63, 3.8) is 0 Å². The van der Waals surface area contributed by atoms with Gasteiger partial charge in [0.25, 0.3) is 0 Å². The summed E-state index contributed by atoms with van der Waals surface area (Å²) in [4.78, 5) is 130. The van der Waals surface area contributed by atoms with Crippen LogP contribution < -0.4 is 26.1 Å². The highest BCUT2D eigenvalue weighted by Gasteiger charge is 2.41. The summed E-state index contributed by atoms with van der Waals surface area (Å²) in [6.07, 6.45) is 5.66. The molecule has 122 heavy (non-hydrogen) atoms. The van der Waals surface area contributed by atoms with E-state index in [0.29, 0.717) is 114 Å². The van der Waals surface area contributed by atoms with Crippen molar-refractivity contribution < 1.29 is 32.3 Å². The average molecular weight is 1720 g/mol. The normalized spacial score (nSPS) is 18.1. The minimum absolute atomic E-state index is 0.00112. The van der Waals surface area contributed by atoms with E-state index in [1.54, 1.807) is 98.6 Å². The lowest BCUT2D eigenvalue weighted by Crippen LogP contribution is -2.59. The molecule has 23 nitrogen and oxygen atoms in total. The number of aromatic nitrogens is 9. The number of amides is 4. The number of aliphatic imine (C=N–C) groups is 1. The van der Waals surface area contributed by atoms with Crippen LogP contribution in [0.15, 0.2) is 168 Å². The number of pyridine rings is 5. The molecule has 4 aliphatic rings. The maximum Gasteiger partial charge on any atom is 0.355 e. The Labute approximate surface area is 723 Å². The van der Waals surface area contributed by atoms with E-state index in [1.165, 1.54) is 45.6 Å². The molecule has 0 bridgehead atoms. The Morgan fingerprint density at radius 3 is 1.30 bits per heavy atom. The summed E-state index contributed by atoms with van der Waals surface area (Å²) in [5.74, 6) is -0.263. The number of hydrogen-bond donors (Lipinski definition) is 0. The number of allylic oxidation sites excluding steroid dienone is 1. The largest absolute Gasteiger partial charge is 0.355 e. The summed E-state index contributed by atoms with van der Waals surface area (Å²) in [6.45, 7) is 49.6. The fourth-order valence-electron chi connectivity index (χ4n) is 16.2. The van der Waals surface area contributed by atoms with Crippen LogP contribution in [-0.2, 0) is 19.2 Å². The van der Waals surface area contributed by atoms with Crippen LogP contribution in [0.2, 0.25) is 15.1 Å². The predicted octanol–water partition coefficient (Wildman–Crippen LogP) is 17.2. The van der Waals surface area contributed by atoms with Crippen LogP contribution >= 0.6 is 34.8 Å². The van der Waals surface area contributed by atoms with Crippen molar-refractivity contribution in [3.8, 4) is 45.1 Å². The van der Waals surface area contributed by atoms with Crippen LogP contribution in [0, 0.1) is 36.7 Å². The predicted molar refractivity (Wildman–Crippen MR) is 481 cm³/mol. The highest BCUT2D eigenvalue weighted by Crippen LogP contribution is 2.42. The highest BCUT2D eigenvalue weighted by molar-refractivity contribution is 6.35. The molecule has 7 aromatic heterocycles. The summed E-state index contributed by atoms with van der Waals surface area (Å²) in [5, 5.41) is 1.77. The van der Waals surface area contributed by atoms with E-state index in [9.17, 15) is 37.5 Å². The summed E-state index contributed by atoms with van der Waals surface area (Å²) in [6, 6.07) is 26.8. The lowest BCUT2D eigenvalue weighted by Gasteiger charge is -2.45. The topological polar surface area (TPSA) is 238 Å². The smallest absolute Gasteiger partial charge is 0.350 e. The molecule has 6 unspecified atom stereocenters. The number of hydrogen-bond acceptors (Lipinski definition) is 17. The van der Waals surface area contributed by atoms with E-state index < -0.39 is 28.8 Å². The Morgan fingerprint density at radius 2 is 0.893 bits per heavy atom. The van der Waals surface area contributed by atoms with Gasteiger partial charge in [0.15, 0.2) is 11.3 Å². The fourth-order valence-corrected chi connectivity index (χ4v) is 16.9. The number of carbonyl (C=O) groups is 4. The van der Waals surface area contributed by atoms with E-state index in [2.05, 4.69) is 46.2 Å². The van der Waals surface area contributed by atoms with Crippen molar-refractivity contribution in [3.05, 3.63) is 241 Å². The maximum absolute atomic E-state index is 15.1. The van der Waals surface area contributed by atoms with Gasteiger partial charge in [-0.2, -0.15) is 9.97 Å². The molecule has 3 fully saturated rings. The van der Waals surface area contributed by atoms with Gasteiger partial charge >= 0.3 is 11.4 Å². The average Bonchev–Trinajstić information content (AvgIpc) is 0.828. The zero-order chi connectivity index (χ0) is 88.7. The molecule has 0 saturated carbocycles. The molecule has 4 amide bonds. The number of carbonyl (C=O) groups excluding carboxylic acids is 4. The van der Waals surface area contributed by atoms with Crippen molar-refractivity contribution in [2.24, 2.45) is 10.4 Å². The monoisotopic (exact) mass is 1710 g/mol. The summed E-state index contributed by atoms with van der Waals surface area (Å²) in [5.41, 5.74) is 6.98. The van der Waals surface area contributed by atoms with Crippen LogP contribution in [-0.4, -0.2) is 182 Å². The van der Waals surface area contributed by atoms with Gasteiger partial charge in [-0.25, -0.2) is 46.8 Å². The van der Waals surface area contributed by atoms with Gasteiger partial charge in [0, 0.05) is 105 Å². The van der Waals surface area contributed by atoms with Crippen molar-refractivity contribution in [1.82, 2.24) is 63.6 Å². The zero-order valence-corrected chi connectivity index (χ0v) is 73.8. The van der Waals surface area contributed by atoms with E-state index in [4.69, 9.17) is 59.7 Å². The number of fused-ring (bicyclic) bond motifs is 3. The number of anilines is 3. The first-order chi connectivity index (χ1) is 57.8. The molecule has 0 N–H and O–H groups in total. The second-order valence-corrected chi connectivity index (χ2v) is 34.7. The first-order valence-corrected chi connectivity index (χ1v) is 41.7. The molecule has 636 valence electrons. The summed E-state index contributed by atoms with van der Waals surface area (Å²) in [7, 11) is 0. The van der Waals surface area contributed by atoms with Gasteiger partial charge in [0.2, 0.25) is 23.6 Å². The molecule has 11 heterocycles. The third-order valence-electron chi connectivity index (χ3n) is 22.2. The van der Waals surface area contributed by atoms with Crippen LogP contribution in [0.1, 0.15) is 143 Å². The van der Waals surface area contributed by atoms with Crippen LogP contribution in [0.4, 0.5) is 30.6 Å². The standard InChI is InChI=1S/C34H36ClFN6O2.C31H32ClFN6O2.C28H33ClFN5O2/c1-9-28(43)40-16-22(8)41(17-21(40)7)32-24-15-25(35)30(23-12-10-11-13-26(23)36)38-33(24)42(34(44)39-32)31-20(6)14-27(18(2)3)37-29(31)19(4)5;1-7-25(40)37-15-20(6)38(16-19(37)5)29-22-14-23(32)27(21-10-8-9-11-24(21)33)35-30(22)39(31(41)36-29)28-18(4)12-13-34-26(28)17(2)3;1-7-23(36)33-14-18(3)34(15-17(33)2)26-20-12-21(29)25(19-10-8-9-11-22(19)30)32-27(20)35(16-28(4,5)6)24(37)13-31-26/h9-15,19,21-22H,1-2,16-17H2,3-8H3;7-14,17,19-20H,1,15-16H2,2-6H3;7-12,17-18H,1,13-16H2,2-6H3. The van der Waals surface area contributed by atoms with Gasteiger partial charge in [0.1, 0.15) is 47.3 Å². The number of benzene rings is 3. The quantitative estimate of drug-likeness (QED) is 0.0920. The van der Waals surface area contributed by atoms with Crippen LogP contribution in [0.25, 0.3) is 72.8 Å². The van der Waals surface area contributed by atoms with E-state index in [0.717, 1.165) is 22.4 Å². The number of amidine groups is 1. The number of rotatable bonds is 14. The second kappa shape index (κ2) is 36.5. The molecule has 14 rings (SSSR count). The van der Waals surface area contributed by atoms with Gasteiger partial charge in [-0.3, -0.25) is 39.0 Å². The third-order valence-corrected chi connectivity index (χ3v) is 23.1. The first-order valence-electron chi connectivity index (χ1n) is 40.6. The van der Waals surface area contributed by atoms with Gasteiger partial charge in [-0.15, -0.1) is 0 Å². The second-order valence-electron chi connectivity index (χ2n) is 33.4. The van der Waals surface area contributed by atoms with Gasteiger partial charge in [-0.1, -0.05) is 146 Å². The zero-order valence-electron chi connectivity index (χ0n) is 71.5. The minimum atomic E-state index is -0.555. The molecule has 6 atom stereocenters.